The van der Waals surface area contributed by atoms with Crippen LogP contribution in [0.2, 0.25) is 0 Å². The summed E-state index contributed by atoms with van der Waals surface area (Å²) in [7, 11) is 2.13. The molecule has 3 nitrogen and oxygen atoms in total. The van der Waals surface area contributed by atoms with E-state index in [4.69, 9.17) is 5.73 Å². The molecule has 1 aromatic carbocycles. The van der Waals surface area contributed by atoms with E-state index in [0.29, 0.717) is 6.04 Å². The van der Waals surface area contributed by atoms with Gasteiger partial charge in [-0.2, -0.15) is 0 Å². The first kappa shape index (κ1) is 12.7. The second kappa shape index (κ2) is 4.67. The Balaban J connectivity index is 2.14. The van der Waals surface area contributed by atoms with E-state index in [9.17, 15) is 0 Å². The maximum atomic E-state index is 6.18. The molecule has 1 saturated carbocycles. The Kier molecular flexibility index (Phi) is 3.13. The lowest BCUT2D eigenvalue weighted by Gasteiger charge is -2.29. The highest BCUT2D eigenvalue weighted by atomic mass is 79.9. The normalized spacial score (nSPS) is 16.6. The Morgan fingerprint density at radius 2 is 2.16 bits per heavy atom. The fourth-order valence-electron chi connectivity index (χ4n) is 2.66. The van der Waals surface area contributed by atoms with Crippen LogP contribution in [-0.4, -0.2) is 18.1 Å². The molecule has 1 aliphatic carbocycles. The van der Waals surface area contributed by atoms with Crippen LogP contribution < -0.4 is 10.6 Å². The third-order valence-corrected chi connectivity index (χ3v) is 4.59. The minimum Gasteiger partial charge on any atom is -0.396 e. The molecule has 4 heteroatoms. The van der Waals surface area contributed by atoms with Gasteiger partial charge in [-0.3, -0.25) is 4.98 Å². The number of halogens is 1. The number of nitrogens with two attached hydrogens (primary N) is 1. The predicted octanol–water partition coefficient (Wildman–Crippen LogP) is 3.81. The Morgan fingerprint density at radius 1 is 1.42 bits per heavy atom. The molecule has 1 unspecified atom stereocenters. The topological polar surface area (TPSA) is 42.1 Å². The Labute approximate surface area is 121 Å². The lowest BCUT2D eigenvalue weighted by molar-refractivity contribution is 0.611. The summed E-state index contributed by atoms with van der Waals surface area (Å²) in [5, 5.41) is 1.12. The van der Waals surface area contributed by atoms with Crippen LogP contribution >= 0.6 is 15.9 Å². The lowest BCUT2D eigenvalue weighted by atomic mass is 10.1. The van der Waals surface area contributed by atoms with Crippen LogP contribution in [0.1, 0.15) is 19.8 Å². The van der Waals surface area contributed by atoms with Crippen LogP contribution in [0.5, 0.6) is 0 Å². The summed E-state index contributed by atoms with van der Waals surface area (Å²) in [6.07, 6.45) is 4.43. The van der Waals surface area contributed by atoms with Crippen molar-refractivity contribution in [1.29, 1.82) is 0 Å². The van der Waals surface area contributed by atoms with E-state index in [-0.39, 0.29) is 0 Å². The van der Waals surface area contributed by atoms with Crippen molar-refractivity contribution in [2.45, 2.75) is 25.8 Å². The number of nitrogens with zero attached hydrogens (tertiary/aromatic N) is 2. The summed E-state index contributed by atoms with van der Waals surface area (Å²) in [5.74, 6) is 0.805. The lowest BCUT2D eigenvalue weighted by Crippen LogP contribution is -2.31. The number of hydrogen-bond acceptors (Lipinski definition) is 3. The molecule has 0 saturated heterocycles. The van der Waals surface area contributed by atoms with E-state index in [1.165, 1.54) is 12.8 Å². The quantitative estimate of drug-likeness (QED) is 0.935. The highest BCUT2D eigenvalue weighted by molar-refractivity contribution is 9.10. The zero-order valence-corrected chi connectivity index (χ0v) is 12.8. The molecule has 19 heavy (non-hydrogen) atoms. The molecule has 0 radical (unpaired) electrons. The average Bonchev–Trinajstić information content (AvgIpc) is 3.21. The maximum absolute atomic E-state index is 6.18. The molecule has 100 valence electrons. The summed E-state index contributed by atoms with van der Waals surface area (Å²) in [4.78, 5) is 6.72. The third kappa shape index (κ3) is 2.29. The SMILES string of the molecule is CC(C1CC1)N(C)c1c(N)cnc2ccc(Br)cc12. The van der Waals surface area contributed by atoms with Crippen LogP contribution in [0.3, 0.4) is 0 Å². The maximum Gasteiger partial charge on any atom is 0.0745 e. The van der Waals surface area contributed by atoms with E-state index in [2.05, 4.69) is 45.9 Å². The fourth-order valence-corrected chi connectivity index (χ4v) is 3.02. The fraction of sp³-hybridized carbons (Fsp3) is 0.400. The summed E-state index contributed by atoms with van der Waals surface area (Å²) in [5.41, 5.74) is 9.02. The van der Waals surface area contributed by atoms with Gasteiger partial charge in [-0.1, -0.05) is 15.9 Å². The summed E-state index contributed by atoms with van der Waals surface area (Å²) in [6, 6.07) is 6.66. The van der Waals surface area contributed by atoms with Crippen molar-refractivity contribution in [3.05, 3.63) is 28.9 Å². The molecule has 2 aromatic rings. The molecule has 3 rings (SSSR count). The standard InChI is InChI=1S/C15H18BrN3/c1-9(10-3-4-10)19(2)15-12-7-11(16)5-6-14(12)18-8-13(15)17/h5-10H,3-4,17H2,1-2H3. The Bertz CT molecular complexity index is 617. The third-order valence-electron chi connectivity index (χ3n) is 4.10. The first-order chi connectivity index (χ1) is 9.08. The van der Waals surface area contributed by atoms with Gasteiger partial charge >= 0.3 is 0 Å². The molecule has 1 aliphatic rings. The van der Waals surface area contributed by atoms with Crippen molar-refractivity contribution in [2.24, 2.45) is 5.92 Å². The molecule has 1 aromatic heterocycles. The van der Waals surface area contributed by atoms with Crippen molar-refractivity contribution >= 4 is 38.2 Å². The van der Waals surface area contributed by atoms with Crippen molar-refractivity contribution in [1.82, 2.24) is 4.98 Å². The van der Waals surface area contributed by atoms with E-state index < -0.39 is 0 Å². The van der Waals surface area contributed by atoms with Gasteiger partial charge in [0.1, 0.15) is 0 Å². The second-order valence-corrected chi connectivity index (χ2v) is 6.33. The van der Waals surface area contributed by atoms with Crippen LogP contribution in [-0.2, 0) is 0 Å². The van der Waals surface area contributed by atoms with Gasteiger partial charge < -0.3 is 10.6 Å². The molecule has 1 atom stereocenters. The monoisotopic (exact) mass is 319 g/mol. The Morgan fingerprint density at radius 3 is 2.84 bits per heavy atom. The number of benzene rings is 1. The number of fused-ring (bicyclic) bond motifs is 1. The molecule has 2 N–H and O–H groups in total. The van der Waals surface area contributed by atoms with Gasteiger partial charge in [0, 0.05) is 22.9 Å². The van der Waals surface area contributed by atoms with Crippen molar-refractivity contribution in [2.75, 3.05) is 17.7 Å². The van der Waals surface area contributed by atoms with Gasteiger partial charge in [0.2, 0.25) is 0 Å². The summed E-state index contributed by atoms with van der Waals surface area (Å²) in [6.45, 7) is 2.28. The number of hydrogen-bond donors (Lipinski definition) is 1. The van der Waals surface area contributed by atoms with E-state index >= 15 is 0 Å². The van der Waals surface area contributed by atoms with Gasteiger partial charge in [-0.25, -0.2) is 0 Å². The second-order valence-electron chi connectivity index (χ2n) is 5.41. The zero-order chi connectivity index (χ0) is 13.6. The van der Waals surface area contributed by atoms with Gasteiger partial charge in [0.05, 0.1) is 23.1 Å². The number of anilines is 2. The largest absolute Gasteiger partial charge is 0.396 e. The average molecular weight is 320 g/mol. The molecule has 0 bridgehead atoms. The summed E-state index contributed by atoms with van der Waals surface area (Å²) >= 11 is 3.53. The highest BCUT2D eigenvalue weighted by Crippen LogP contribution is 2.40. The number of pyridine rings is 1. The Hall–Kier alpha value is -1.29. The van der Waals surface area contributed by atoms with Crippen molar-refractivity contribution < 1.29 is 0 Å². The van der Waals surface area contributed by atoms with E-state index in [1.807, 2.05) is 12.1 Å². The van der Waals surface area contributed by atoms with Crippen LogP contribution in [0, 0.1) is 5.92 Å². The van der Waals surface area contributed by atoms with Gasteiger partial charge in [-0.15, -0.1) is 0 Å². The predicted molar refractivity (Wildman–Crippen MR) is 84.4 cm³/mol. The van der Waals surface area contributed by atoms with Crippen LogP contribution in [0.25, 0.3) is 10.9 Å². The van der Waals surface area contributed by atoms with Crippen molar-refractivity contribution in [3.8, 4) is 0 Å². The number of aromatic nitrogens is 1. The smallest absolute Gasteiger partial charge is 0.0745 e. The minimum atomic E-state index is 0.520. The van der Waals surface area contributed by atoms with Crippen LogP contribution in [0.15, 0.2) is 28.9 Å². The molecular weight excluding hydrogens is 302 g/mol. The van der Waals surface area contributed by atoms with Gasteiger partial charge in [0.15, 0.2) is 0 Å². The zero-order valence-electron chi connectivity index (χ0n) is 11.2. The molecule has 1 heterocycles. The molecule has 1 fully saturated rings. The van der Waals surface area contributed by atoms with Gasteiger partial charge in [-0.05, 0) is 43.9 Å². The number of rotatable bonds is 3. The molecule has 0 spiro atoms. The molecule has 0 amide bonds. The number of nitrogen functional groups attached to an aromatic ring is 1. The first-order valence-corrected chi connectivity index (χ1v) is 7.44. The van der Waals surface area contributed by atoms with Crippen molar-refractivity contribution in [3.63, 3.8) is 0 Å². The molecule has 0 aliphatic heterocycles. The van der Waals surface area contributed by atoms with E-state index in [1.54, 1.807) is 6.20 Å². The van der Waals surface area contributed by atoms with E-state index in [0.717, 1.165) is 32.7 Å². The van der Waals surface area contributed by atoms with Crippen LogP contribution in [0.4, 0.5) is 11.4 Å². The van der Waals surface area contributed by atoms with Gasteiger partial charge in [0.25, 0.3) is 0 Å². The summed E-state index contributed by atoms with van der Waals surface area (Å²) < 4.78 is 1.06. The molecular formula is C15H18BrN3. The highest BCUT2D eigenvalue weighted by Gasteiger charge is 2.31. The first-order valence-electron chi connectivity index (χ1n) is 6.64. The minimum absolute atomic E-state index is 0.520.